The summed E-state index contributed by atoms with van der Waals surface area (Å²) in [5, 5.41) is 4.98. The summed E-state index contributed by atoms with van der Waals surface area (Å²) in [6.45, 7) is 2.32. The minimum Gasteiger partial charge on any atom is -0.462 e. The number of carbonyl (C=O) groups excluding carboxylic acids is 1. The van der Waals surface area contributed by atoms with Crippen LogP contribution in [0.3, 0.4) is 0 Å². The van der Waals surface area contributed by atoms with Crippen LogP contribution in [0.5, 0.6) is 0 Å². The first-order valence-corrected chi connectivity index (χ1v) is 7.41. The molecule has 0 aliphatic rings. The molecule has 0 heterocycles. The van der Waals surface area contributed by atoms with Crippen LogP contribution in [0.15, 0.2) is 24.3 Å². The van der Waals surface area contributed by atoms with Gasteiger partial charge in [0.25, 0.3) is 0 Å². The van der Waals surface area contributed by atoms with Crippen LogP contribution in [0.25, 0.3) is 0 Å². The first kappa shape index (κ1) is 14.7. The molecule has 5 nitrogen and oxygen atoms in total. The first-order chi connectivity index (χ1) is 8.44. The van der Waals surface area contributed by atoms with Crippen molar-refractivity contribution < 1.29 is 17.9 Å². The Hall–Kier alpha value is -1.40. The molecule has 0 saturated heterocycles. The molecule has 1 aromatic rings. The lowest BCUT2D eigenvalue weighted by Crippen LogP contribution is -2.17. The van der Waals surface area contributed by atoms with E-state index in [1.807, 2.05) is 6.92 Å². The monoisotopic (exact) mass is 271 g/mol. The van der Waals surface area contributed by atoms with Gasteiger partial charge in [-0.25, -0.2) is 18.4 Å². The lowest BCUT2D eigenvalue weighted by atomic mass is 10.1. The predicted octanol–water partition coefficient (Wildman–Crippen LogP) is 1.43. The summed E-state index contributed by atoms with van der Waals surface area (Å²) >= 11 is 0. The molecule has 1 aromatic carbocycles. The molecule has 6 heteroatoms. The maximum Gasteiger partial charge on any atom is 0.338 e. The number of hydrogen-bond acceptors (Lipinski definition) is 4. The van der Waals surface area contributed by atoms with Crippen LogP contribution in [0.4, 0.5) is 0 Å². The zero-order valence-electron chi connectivity index (χ0n) is 10.3. The van der Waals surface area contributed by atoms with Crippen LogP contribution in [-0.4, -0.2) is 21.0 Å². The molecule has 0 aromatic heterocycles. The molecule has 0 bridgehead atoms. The van der Waals surface area contributed by atoms with Gasteiger partial charge in [0.1, 0.15) is 0 Å². The molecule has 1 rings (SSSR count). The third-order valence-electron chi connectivity index (χ3n) is 2.33. The fraction of sp³-hybridized carbons (Fsp3) is 0.417. The average molecular weight is 271 g/mol. The number of nitrogens with two attached hydrogens (primary N) is 1. The summed E-state index contributed by atoms with van der Waals surface area (Å²) in [6, 6.07) is 6.40. The average Bonchev–Trinajstić information content (AvgIpc) is 2.27. The van der Waals surface area contributed by atoms with Crippen molar-refractivity contribution in [2.24, 2.45) is 5.14 Å². The van der Waals surface area contributed by atoms with E-state index in [0.717, 1.165) is 12.8 Å². The van der Waals surface area contributed by atoms with E-state index in [4.69, 9.17) is 9.88 Å². The molecular weight excluding hydrogens is 254 g/mol. The third-order valence-corrected chi connectivity index (χ3v) is 3.04. The molecule has 2 N–H and O–H groups in total. The molecule has 0 aliphatic carbocycles. The van der Waals surface area contributed by atoms with Gasteiger partial charge >= 0.3 is 5.97 Å². The number of sulfonamides is 1. The second-order valence-electron chi connectivity index (χ2n) is 3.95. The van der Waals surface area contributed by atoms with Gasteiger partial charge in [-0.1, -0.05) is 31.5 Å². The van der Waals surface area contributed by atoms with E-state index in [9.17, 15) is 13.2 Å². The van der Waals surface area contributed by atoms with E-state index < -0.39 is 16.0 Å². The molecule has 0 fully saturated rings. The Morgan fingerprint density at radius 2 is 2.00 bits per heavy atom. The lowest BCUT2D eigenvalue weighted by Gasteiger charge is -2.08. The van der Waals surface area contributed by atoms with Crippen molar-refractivity contribution in [2.45, 2.75) is 25.5 Å². The van der Waals surface area contributed by atoms with E-state index >= 15 is 0 Å². The van der Waals surface area contributed by atoms with Crippen molar-refractivity contribution in [3.05, 3.63) is 35.4 Å². The topological polar surface area (TPSA) is 86.5 Å². The summed E-state index contributed by atoms with van der Waals surface area (Å²) in [5.74, 6) is -0.880. The summed E-state index contributed by atoms with van der Waals surface area (Å²) in [5.41, 5.74) is 0.615. The Balaban J connectivity index is 2.84. The third kappa shape index (κ3) is 4.85. The number of carbonyl (C=O) groups is 1. The van der Waals surface area contributed by atoms with Crippen molar-refractivity contribution in [1.82, 2.24) is 0 Å². The number of esters is 1. The molecule has 0 amide bonds. The van der Waals surface area contributed by atoms with Gasteiger partial charge in [0.05, 0.1) is 17.9 Å². The van der Waals surface area contributed by atoms with Gasteiger partial charge < -0.3 is 4.74 Å². The Bertz CT molecular complexity index is 511. The maximum absolute atomic E-state index is 11.8. The normalized spacial score (nSPS) is 11.2. The molecule has 100 valence electrons. The van der Waals surface area contributed by atoms with E-state index in [0.29, 0.717) is 12.2 Å². The maximum atomic E-state index is 11.8. The fourth-order valence-corrected chi connectivity index (χ4v) is 2.13. The van der Waals surface area contributed by atoms with E-state index in [2.05, 4.69) is 0 Å². The number of benzene rings is 1. The van der Waals surface area contributed by atoms with Crippen LogP contribution in [0, 0.1) is 0 Å². The summed E-state index contributed by atoms with van der Waals surface area (Å²) < 4.78 is 27.2. The zero-order valence-corrected chi connectivity index (χ0v) is 11.1. The molecule has 0 aliphatic heterocycles. The van der Waals surface area contributed by atoms with Gasteiger partial charge in [0.2, 0.25) is 10.0 Å². The number of hydrogen-bond donors (Lipinski definition) is 1. The summed E-state index contributed by atoms with van der Waals surface area (Å²) in [7, 11) is -3.67. The minimum absolute atomic E-state index is 0.252. The van der Waals surface area contributed by atoms with Gasteiger partial charge in [-0.2, -0.15) is 0 Å². The highest BCUT2D eigenvalue weighted by atomic mass is 32.2. The highest BCUT2D eigenvalue weighted by Gasteiger charge is 2.15. The van der Waals surface area contributed by atoms with Gasteiger partial charge in [-0.15, -0.1) is 0 Å². The minimum atomic E-state index is -3.67. The van der Waals surface area contributed by atoms with Gasteiger partial charge in [0, 0.05) is 0 Å². The molecule has 18 heavy (non-hydrogen) atoms. The van der Waals surface area contributed by atoms with Crippen LogP contribution in [0.2, 0.25) is 0 Å². The Kier molecular flexibility index (Phi) is 5.30. The highest BCUT2D eigenvalue weighted by molar-refractivity contribution is 7.88. The van der Waals surface area contributed by atoms with E-state index in [-0.39, 0.29) is 11.3 Å². The van der Waals surface area contributed by atoms with E-state index in [1.54, 1.807) is 18.2 Å². The van der Waals surface area contributed by atoms with Crippen LogP contribution >= 0.6 is 0 Å². The van der Waals surface area contributed by atoms with Crippen LogP contribution < -0.4 is 5.14 Å². The fourth-order valence-electron chi connectivity index (χ4n) is 1.45. The molecule has 0 radical (unpaired) electrons. The second-order valence-corrected chi connectivity index (χ2v) is 5.57. The Morgan fingerprint density at radius 1 is 1.33 bits per heavy atom. The van der Waals surface area contributed by atoms with Crippen molar-refractivity contribution in [2.75, 3.05) is 6.61 Å². The smallest absolute Gasteiger partial charge is 0.338 e. The van der Waals surface area contributed by atoms with Crippen LogP contribution in [0.1, 0.15) is 35.7 Å². The van der Waals surface area contributed by atoms with Crippen molar-refractivity contribution in [3.8, 4) is 0 Å². The number of unbranched alkanes of at least 4 members (excludes halogenated alkanes) is 1. The van der Waals surface area contributed by atoms with Crippen molar-refractivity contribution >= 4 is 16.0 Å². The highest BCUT2D eigenvalue weighted by Crippen LogP contribution is 2.13. The van der Waals surface area contributed by atoms with Gasteiger partial charge in [-0.3, -0.25) is 0 Å². The SMILES string of the molecule is CCCCOC(=O)c1ccccc1CS(N)(=O)=O. The van der Waals surface area contributed by atoms with Crippen molar-refractivity contribution in [1.29, 1.82) is 0 Å². The second kappa shape index (κ2) is 6.51. The van der Waals surface area contributed by atoms with Crippen LogP contribution in [-0.2, 0) is 20.5 Å². The standard InChI is InChI=1S/C12H17NO4S/c1-2-3-8-17-12(14)11-7-5-4-6-10(11)9-18(13,15)16/h4-7H,2-3,8-9H2,1H3,(H2,13,15,16). The van der Waals surface area contributed by atoms with Gasteiger partial charge in [0.15, 0.2) is 0 Å². The number of rotatable bonds is 6. The Labute approximate surface area is 107 Å². The molecule has 0 spiro atoms. The largest absolute Gasteiger partial charge is 0.462 e. The molecule has 0 unspecified atom stereocenters. The summed E-state index contributed by atoms with van der Waals surface area (Å²) in [6.07, 6.45) is 1.70. The quantitative estimate of drug-likeness (QED) is 0.626. The predicted molar refractivity (Wildman–Crippen MR) is 68.4 cm³/mol. The molecular formula is C12H17NO4S. The molecule has 0 atom stereocenters. The number of ether oxygens (including phenoxy) is 1. The van der Waals surface area contributed by atoms with E-state index in [1.165, 1.54) is 6.07 Å². The summed E-state index contributed by atoms with van der Waals surface area (Å²) in [4.78, 5) is 11.8. The first-order valence-electron chi connectivity index (χ1n) is 5.69. The zero-order chi connectivity index (χ0) is 13.6. The van der Waals surface area contributed by atoms with Crippen molar-refractivity contribution in [3.63, 3.8) is 0 Å². The molecule has 0 saturated carbocycles. The number of primary sulfonamides is 1. The lowest BCUT2D eigenvalue weighted by molar-refractivity contribution is 0.0499. The Morgan fingerprint density at radius 3 is 2.61 bits per heavy atom. The van der Waals surface area contributed by atoms with Gasteiger partial charge in [-0.05, 0) is 18.1 Å².